The maximum atomic E-state index is 11.8. The number of hydrogen-bond acceptors (Lipinski definition) is 2. The van der Waals surface area contributed by atoms with Crippen LogP contribution in [0.3, 0.4) is 0 Å². The molecule has 0 aliphatic carbocycles. The van der Waals surface area contributed by atoms with Gasteiger partial charge in [0.25, 0.3) is 0 Å². The molecule has 0 atom stereocenters. The summed E-state index contributed by atoms with van der Waals surface area (Å²) in [5.41, 5.74) is 2.71. The molecule has 0 unspecified atom stereocenters. The molecule has 3 aromatic rings. The first kappa shape index (κ1) is 9.84. The SMILES string of the molecule is O=c1[nH]c2ccccc2n1Cc1cccnc1. The quantitative estimate of drug-likeness (QED) is 0.722. The van der Waals surface area contributed by atoms with Gasteiger partial charge in [0, 0.05) is 12.4 Å². The average Bonchev–Trinajstić information content (AvgIpc) is 2.68. The minimum absolute atomic E-state index is 0.0879. The molecule has 3 rings (SSSR count). The second-order valence-corrected chi connectivity index (χ2v) is 3.89. The Morgan fingerprint density at radius 3 is 2.88 bits per heavy atom. The molecule has 0 saturated heterocycles. The van der Waals surface area contributed by atoms with Crippen LogP contribution in [0.25, 0.3) is 11.0 Å². The maximum Gasteiger partial charge on any atom is 0.326 e. The Balaban J connectivity index is 2.12. The zero-order valence-electron chi connectivity index (χ0n) is 9.13. The molecule has 0 aliphatic rings. The predicted octanol–water partition coefficient (Wildman–Crippen LogP) is 1.77. The number of hydrogen-bond donors (Lipinski definition) is 1. The number of nitrogens with zero attached hydrogens (tertiary/aromatic N) is 2. The van der Waals surface area contributed by atoms with E-state index in [4.69, 9.17) is 0 Å². The number of benzene rings is 1. The van der Waals surface area contributed by atoms with Gasteiger partial charge in [-0.3, -0.25) is 9.55 Å². The van der Waals surface area contributed by atoms with Gasteiger partial charge in [0.05, 0.1) is 17.6 Å². The van der Waals surface area contributed by atoms with E-state index in [0.29, 0.717) is 6.54 Å². The van der Waals surface area contributed by atoms with Gasteiger partial charge in [0.1, 0.15) is 0 Å². The number of para-hydroxylation sites is 2. The summed E-state index contributed by atoms with van der Waals surface area (Å²) in [7, 11) is 0. The summed E-state index contributed by atoms with van der Waals surface area (Å²) < 4.78 is 1.71. The fourth-order valence-electron chi connectivity index (χ4n) is 1.94. The summed E-state index contributed by atoms with van der Waals surface area (Å²) >= 11 is 0. The van der Waals surface area contributed by atoms with Crippen LogP contribution in [-0.4, -0.2) is 14.5 Å². The van der Waals surface area contributed by atoms with E-state index < -0.39 is 0 Å². The molecule has 1 N–H and O–H groups in total. The number of rotatable bonds is 2. The molecule has 2 aromatic heterocycles. The van der Waals surface area contributed by atoms with Gasteiger partial charge in [-0.1, -0.05) is 18.2 Å². The van der Waals surface area contributed by atoms with E-state index in [1.807, 2.05) is 36.4 Å². The van der Waals surface area contributed by atoms with E-state index >= 15 is 0 Å². The third-order valence-corrected chi connectivity index (χ3v) is 2.75. The summed E-state index contributed by atoms with van der Waals surface area (Å²) in [6.07, 6.45) is 3.50. The van der Waals surface area contributed by atoms with Crippen LogP contribution in [0.5, 0.6) is 0 Å². The number of aromatic amines is 1. The van der Waals surface area contributed by atoms with E-state index in [-0.39, 0.29) is 5.69 Å². The first-order valence-corrected chi connectivity index (χ1v) is 5.41. The number of imidazole rings is 1. The van der Waals surface area contributed by atoms with Crippen LogP contribution >= 0.6 is 0 Å². The first-order chi connectivity index (χ1) is 8.34. The summed E-state index contributed by atoms with van der Waals surface area (Å²) in [5.74, 6) is 0. The Morgan fingerprint density at radius 2 is 2.06 bits per heavy atom. The van der Waals surface area contributed by atoms with Gasteiger partial charge in [-0.15, -0.1) is 0 Å². The fraction of sp³-hybridized carbons (Fsp3) is 0.0769. The van der Waals surface area contributed by atoms with Crippen LogP contribution in [-0.2, 0) is 6.54 Å². The highest BCUT2D eigenvalue weighted by Gasteiger charge is 2.05. The molecule has 0 radical (unpaired) electrons. The van der Waals surface area contributed by atoms with E-state index in [0.717, 1.165) is 16.6 Å². The summed E-state index contributed by atoms with van der Waals surface area (Å²) in [4.78, 5) is 18.7. The second-order valence-electron chi connectivity index (χ2n) is 3.89. The summed E-state index contributed by atoms with van der Waals surface area (Å²) in [5, 5.41) is 0. The Bertz CT molecular complexity index is 697. The highest BCUT2D eigenvalue weighted by molar-refractivity contribution is 5.74. The lowest BCUT2D eigenvalue weighted by atomic mass is 10.2. The Labute approximate surface area is 97.6 Å². The van der Waals surface area contributed by atoms with Crippen LogP contribution in [0.1, 0.15) is 5.56 Å². The highest BCUT2D eigenvalue weighted by atomic mass is 16.1. The van der Waals surface area contributed by atoms with Crippen LogP contribution in [0.4, 0.5) is 0 Å². The highest BCUT2D eigenvalue weighted by Crippen LogP contribution is 2.10. The fourth-order valence-corrected chi connectivity index (χ4v) is 1.94. The van der Waals surface area contributed by atoms with Gasteiger partial charge in [-0.2, -0.15) is 0 Å². The van der Waals surface area contributed by atoms with Gasteiger partial charge >= 0.3 is 5.69 Å². The summed E-state index contributed by atoms with van der Waals surface area (Å²) in [6, 6.07) is 11.5. The minimum Gasteiger partial charge on any atom is -0.306 e. The molecule has 1 aromatic carbocycles. The monoisotopic (exact) mass is 225 g/mol. The van der Waals surface area contributed by atoms with E-state index in [1.54, 1.807) is 17.0 Å². The van der Waals surface area contributed by atoms with Crippen molar-refractivity contribution in [3.05, 3.63) is 64.8 Å². The summed E-state index contributed by atoms with van der Waals surface area (Å²) in [6.45, 7) is 0.538. The molecule has 0 aliphatic heterocycles. The van der Waals surface area contributed by atoms with Crippen molar-refractivity contribution in [1.29, 1.82) is 0 Å². The number of aromatic nitrogens is 3. The minimum atomic E-state index is -0.0879. The van der Waals surface area contributed by atoms with Crippen LogP contribution < -0.4 is 5.69 Å². The predicted molar refractivity (Wildman–Crippen MR) is 65.9 cm³/mol. The van der Waals surface area contributed by atoms with E-state index in [9.17, 15) is 4.79 Å². The zero-order valence-corrected chi connectivity index (χ0v) is 9.13. The van der Waals surface area contributed by atoms with Crippen molar-refractivity contribution in [2.45, 2.75) is 6.54 Å². The lowest BCUT2D eigenvalue weighted by Gasteiger charge is -2.02. The molecule has 4 nitrogen and oxygen atoms in total. The standard InChI is InChI=1S/C13H11N3O/c17-13-15-11-5-1-2-6-12(11)16(13)9-10-4-3-7-14-8-10/h1-8H,9H2,(H,15,17). The molecule has 0 bridgehead atoms. The van der Waals surface area contributed by atoms with Crippen molar-refractivity contribution in [1.82, 2.24) is 14.5 Å². The average molecular weight is 225 g/mol. The molecule has 4 heteroatoms. The van der Waals surface area contributed by atoms with Crippen molar-refractivity contribution < 1.29 is 0 Å². The van der Waals surface area contributed by atoms with Crippen LogP contribution in [0, 0.1) is 0 Å². The normalized spacial score (nSPS) is 10.8. The largest absolute Gasteiger partial charge is 0.326 e. The van der Waals surface area contributed by atoms with Crippen molar-refractivity contribution in [3.8, 4) is 0 Å². The maximum absolute atomic E-state index is 11.8. The molecule has 0 saturated carbocycles. The molecule has 0 fully saturated rings. The first-order valence-electron chi connectivity index (χ1n) is 5.41. The Hall–Kier alpha value is -2.36. The van der Waals surface area contributed by atoms with Crippen molar-refractivity contribution in [2.24, 2.45) is 0 Å². The Morgan fingerprint density at radius 1 is 1.18 bits per heavy atom. The molecule has 0 spiro atoms. The number of pyridine rings is 1. The topological polar surface area (TPSA) is 50.7 Å². The van der Waals surface area contributed by atoms with Gasteiger partial charge in [0.2, 0.25) is 0 Å². The lowest BCUT2D eigenvalue weighted by molar-refractivity contribution is 0.783. The van der Waals surface area contributed by atoms with E-state index in [1.165, 1.54) is 0 Å². The lowest BCUT2D eigenvalue weighted by Crippen LogP contribution is -2.17. The van der Waals surface area contributed by atoms with Crippen LogP contribution in [0.15, 0.2) is 53.6 Å². The molecular formula is C13H11N3O. The number of fused-ring (bicyclic) bond motifs is 1. The van der Waals surface area contributed by atoms with Gasteiger partial charge in [-0.25, -0.2) is 4.79 Å². The van der Waals surface area contributed by atoms with Crippen molar-refractivity contribution in [3.63, 3.8) is 0 Å². The van der Waals surface area contributed by atoms with Crippen LogP contribution in [0.2, 0.25) is 0 Å². The smallest absolute Gasteiger partial charge is 0.306 e. The molecule has 0 amide bonds. The third-order valence-electron chi connectivity index (χ3n) is 2.75. The molecule has 84 valence electrons. The zero-order chi connectivity index (χ0) is 11.7. The third kappa shape index (κ3) is 1.73. The van der Waals surface area contributed by atoms with Gasteiger partial charge in [0.15, 0.2) is 0 Å². The molecular weight excluding hydrogens is 214 g/mol. The number of nitrogens with one attached hydrogen (secondary N) is 1. The van der Waals surface area contributed by atoms with Gasteiger partial charge in [-0.05, 0) is 23.8 Å². The van der Waals surface area contributed by atoms with Gasteiger partial charge < -0.3 is 4.98 Å². The van der Waals surface area contributed by atoms with Crippen molar-refractivity contribution >= 4 is 11.0 Å². The van der Waals surface area contributed by atoms with Crippen molar-refractivity contribution in [2.75, 3.05) is 0 Å². The van der Waals surface area contributed by atoms with E-state index in [2.05, 4.69) is 9.97 Å². The molecule has 17 heavy (non-hydrogen) atoms. The second kappa shape index (κ2) is 3.90. The number of H-pyrrole nitrogens is 1. The Kier molecular flexibility index (Phi) is 2.26. The molecule has 2 heterocycles.